The molecule has 6 heteroatoms. The molecule has 0 N–H and O–H groups in total. The lowest BCUT2D eigenvalue weighted by Crippen LogP contribution is -2.30. The van der Waals surface area contributed by atoms with E-state index in [1.165, 1.54) is 96.3 Å². The molecule has 0 aromatic heterocycles. The van der Waals surface area contributed by atoms with Gasteiger partial charge in [-0.3, -0.25) is 14.4 Å². The molecule has 0 amide bonds. The van der Waals surface area contributed by atoms with Crippen molar-refractivity contribution in [2.24, 2.45) is 0 Å². The first-order valence-corrected chi connectivity index (χ1v) is 24.1. The first-order chi connectivity index (χ1) is 29.0. The Bertz CT molecular complexity index is 1170. The van der Waals surface area contributed by atoms with Gasteiger partial charge in [-0.15, -0.1) is 0 Å². The van der Waals surface area contributed by atoms with Gasteiger partial charge in [0.15, 0.2) is 6.10 Å². The molecular weight excluding hydrogens is 733 g/mol. The maximum atomic E-state index is 12.7. The van der Waals surface area contributed by atoms with Crippen LogP contribution in [0.4, 0.5) is 0 Å². The van der Waals surface area contributed by atoms with Crippen LogP contribution >= 0.6 is 0 Å². The van der Waals surface area contributed by atoms with Crippen LogP contribution in [0.2, 0.25) is 0 Å². The summed E-state index contributed by atoms with van der Waals surface area (Å²) in [6, 6.07) is 0. The van der Waals surface area contributed by atoms with Crippen LogP contribution in [0, 0.1) is 0 Å². The second-order valence-electron chi connectivity index (χ2n) is 15.7. The SMILES string of the molecule is CC\C=C/C=C\C=C/C=C\CCCCCC(=O)OC(COC(=O)CCC/C=C\C/C=C\C/C=C\CCCCCCCC)COC(=O)CCCCCCCCCCCCC. The van der Waals surface area contributed by atoms with Gasteiger partial charge in [0.25, 0.3) is 0 Å². The van der Waals surface area contributed by atoms with Crippen LogP contribution in [0.1, 0.15) is 213 Å². The first kappa shape index (κ1) is 55.6. The van der Waals surface area contributed by atoms with E-state index in [4.69, 9.17) is 14.2 Å². The summed E-state index contributed by atoms with van der Waals surface area (Å²) >= 11 is 0. The molecule has 0 aliphatic heterocycles. The third-order valence-electron chi connectivity index (χ3n) is 9.98. The Morgan fingerprint density at radius 2 is 0.746 bits per heavy atom. The molecule has 0 aliphatic rings. The second kappa shape index (κ2) is 47.3. The van der Waals surface area contributed by atoms with Gasteiger partial charge < -0.3 is 14.2 Å². The fraction of sp³-hybridized carbons (Fsp3) is 0.679. The number of rotatable bonds is 42. The van der Waals surface area contributed by atoms with Gasteiger partial charge in [-0.05, 0) is 70.6 Å². The third-order valence-corrected chi connectivity index (χ3v) is 9.98. The Labute approximate surface area is 363 Å². The van der Waals surface area contributed by atoms with Crippen LogP contribution in [0.25, 0.3) is 0 Å². The molecule has 0 spiro atoms. The Hall–Kier alpha value is -3.41. The zero-order valence-electron chi connectivity index (χ0n) is 38.2. The van der Waals surface area contributed by atoms with Crippen LogP contribution in [0.5, 0.6) is 0 Å². The lowest BCUT2D eigenvalue weighted by atomic mass is 10.1. The molecule has 0 radical (unpaired) electrons. The Balaban J connectivity index is 4.51. The van der Waals surface area contributed by atoms with Gasteiger partial charge in [-0.25, -0.2) is 0 Å². The highest BCUT2D eigenvalue weighted by Crippen LogP contribution is 2.13. The minimum Gasteiger partial charge on any atom is -0.462 e. The third kappa shape index (κ3) is 45.5. The van der Waals surface area contributed by atoms with Crippen LogP contribution in [-0.2, 0) is 28.6 Å². The average molecular weight is 821 g/mol. The zero-order chi connectivity index (χ0) is 43.0. The molecule has 0 aliphatic carbocycles. The predicted octanol–water partition coefficient (Wildman–Crippen LogP) is 15.6. The fourth-order valence-corrected chi connectivity index (χ4v) is 6.35. The highest BCUT2D eigenvalue weighted by molar-refractivity contribution is 5.71. The summed E-state index contributed by atoms with van der Waals surface area (Å²) in [6.45, 7) is 6.39. The summed E-state index contributed by atoms with van der Waals surface area (Å²) < 4.78 is 16.7. The quantitative estimate of drug-likeness (QED) is 0.0201. The minimum absolute atomic E-state index is 0.108. The Morgan fingerprint density at radius 1 is 0.373 bits per heavy atom. The Morgan fingerprint density at radius 3 is 1.27 bits per heavy atom. The van der Waals surface area contributed by atoms with E-state index in [0.717, 1.165) is 64.2 Å². The smallest absolute Gasteiger partial charge is 0.306 e. The highest BCUT2D eigenvalue weighted by atomic mass is 16.6. The number of esters is 3. The van der Waals surface area contributed by atoms with Crippen molar-refractivity contribution < 1.29 is 28.6 Å². The summed E-state index contributed by atoms with van der Waals surface area (Å²) in [5, 5.41) is 0. The number of carbonyl (C=O) groups is 3. The number of ether oxygens (including phenoxy) is 3. The molecule has 0 saturated heterocycles. The number of hydrogen-bond donors (Lipinski definition) is 0. The predicted molar refractivity (Wildman–Crippen MR) is 251 cm³/mol. The first-order valence-electron chi connectivity index (χ1n) is 24.1. The fourth-order valence-electron chi connectivity index (χ4n) is 6.35. The summed E-state index contributed by atoms with van der Waals surface area (Å²) in [6.07, 6.45) is 60.0. The van der Waals surface area contributed by atoms with E-state index in [0.29, 0.717) is 19.3 Å². The second-order valence-corrected chi connectivity index (χ2v) is 15.7. The average Bonchev–Trinajstić information content (AvgIpc) is 3.23. The maximum absolute atomic E-state index is 12.7. The van der Waals surface area contributed by atoms with E-state index in [-0.39, 0.29) is 44.0 Å². The van der Waals surface area contributed by atoms with E-state index in [1.54, 1.807) is 0 Å². The molecule has 0 bridgehead atoms. The van der Waals surface area contributed by atoms with E-state index >= 15 is 0 Å². The molecule has 0 rings (SSSR count). The van der Waals surface area contributed by atoms with E-state index in [9.17, 15) is 14.4 Å². The van der Waals surface area contributed by atoms with Crippen molar-refractivity contribution >= 4 is 17.9 Å². The lowest BCUT2D eigenvalue weighted by molar-refractivity contribution is -0.167. The van der Waals surface area contributed by atoms with Crippen LogP contribution in [0.3, 0.4) is 0 Å². The molecule has 0 saturated carbocycles. The van der Waals surface area contributed by atoms with Crippen molar-refractivity contribution in [2.75, 3.05) is 13.2 Å². The normalized spacial score (nSPS) is 12.8. The Kier molecular flexibility index (Phi) is 44.5. The van der Waals surface area contributed by atoms with E-state index in [2.05, 4.69) is 69.4 Å². The van der Waals surface area contributed by atoms with E-state index < -0.39 is 6.10 Å². The summed E-state index contributed by atoms with van der Waals surface area (Å²) in [5.74, 6) is -1.01. The molecule has 0 fully saturated rings. The molecule has 1 unspecified atom stereocenters. The van der Waals surface area contributed by atoms with Gasteiger partial charge in [0, 0.05) is 19.3 Å². The van der Waals surface area contributed by atoms with Gasteiger partial charge in [0.1, 0.15) is 13.2 Å². The highest BCUT2D eigenvalue weighted by Gasteiger charge is 2.19. The summed E-state index contributed by atoms with van der Waals surface area (Å²) in [5.41, 5.74) is 0. The van der Waals surface area contributed by atoms with Crippen LogP contribution in [0.15, 0.2) is 85.1 Å². The summed E-state index contributed by atoms with van der Waals surface area (Å²) in [4.78, 5) is 37.8. The van der Waals surface area contributed by atoms with Crippen molar-refractivity contribution in [1.29, 1.82) is 0 Å². The number of allylic oxidation sites excluding steroid dienone is 14. The molecule has 336 valence electrons. The van der Waals surface area contributed by atoms with Crippen molar-refractivity contribution in [2.45, 2.75) is 219 Å². The van der Waals surface area contributed by atoms with Gasteiger partial charge in [-0.2, -0.15) is 0 Å². The van der Waals surface area contributed by atoms with Gasteiger partial charge >= 0.3 is 17.9 Å². The lowest BCUT2D eigenvalue weighted by Gasteiger charge is -2.18. The molecule has 0 aromatic carbocycles. The number of hydrogen-bond acceptors (Lipinski definition) is 6. The molecule has 6 nitrogen and oxygen atoms in total. The van der Waals surface area contributed by atoms with E-state index in [1.807, 2.05) is 36.5 Å². The number of unbranched alkanes of at least 4 members (excludes halogenated alkanes) is 20. The van der Waals surface area contributed by atoms with Gasteiger partial charge in [0.05, 0.1) is 0 Å². The van der Waals surface area contributed by atoms with Crippen molar-refractivity contribution in [3.05, 3.63) is 85.1 Å². The molecule has 59 heavy (non-hydrogen) atoms. The van der Waals surface area contributed by atoms with Crippen molar-refractivity contribution in [3.8, 4) is 0 Å². The van der Waals surface area contributed by atoms with Gasteiger partial charge in [-0.1, -0.05) is 209 Å². The maximum Gasteiger partial charge on any atom is 0.306 e. The van der Waals surface area contributed by atoms with Crippen molar-refractivity contribution in [3.63, 3.8) is 0 Å². The van der Waals surface area contributed by atoms with Crippen LogP contribution in [-0.4, -0.2) is 37.2 Å². The molecule has 0 aromatic rings. The number of carbonyl (C=O) groups excluding carboxylic acids is 3. The topological polar surface area (TPSA) is 78.9 Å². The minimum atomic E-state index is -0.814. The van der Waals surface area contributed by atoms with Crippen molar-refractivity contribution in [1.82, 2.24) is 0 Å². The summed E-state index contributed by atoms with van der Waals surface area (Å²) in [7, 11) is 0. The molecule has 0 heterocycles. The molecule has 1 atom stereocenters. The largest absolute Gasteiger partial charge is 0.462 e. The van der Waals surface area contributed by atoms with Crippen LogP contribution < -0.4 is 0 Å². The monoisotopic (exact) mass is 821 g/mol. The van der Waals surface area contributed by atoms with Gasteiger partial charge in [0.2, 0.25) is 0 Å². The standard InChI is InChI=1S/C53H88O6/c1-4-7-10-13-16-19-22-24-25-26-27-29-31-34-37-40-43-46-52(55)58-49-50(48-57-51(54)45-42-39-36-33-30-21-18-15-12-9-6-3)59-53(56)47-44-41-38-35-32-28-23-20-17-14-11-8-5-2/h8,11,14,17,20,23-25,27-29,32,34,37,50H,4-7,9-10,12-13,15-16,18-19,21-22,26,30-31,33,35-36,38-49H2,1-3H3/b11-8-,17-14-,23-20-,25-24-,29-27-,32-28-,37-34-. The molecular formula is C53H88O6. The zero-order valence-corrected chi connectivity index (χ0v) is 38.2.